The smallest absolute Gasteiger partial charge is 0.287 e. The molecule has 1 heterocycles. The van der Waals surface area contributed by atoms with E-state index in [0.717, 1.165) is 0 Å². The van der Waals surface area contributed by atoms with Crippen LogP contribution in [-0.4, -0.2) is 37.4 Å². The van der Waals surface area contributed by atoms with Gasteiger partial charge in [-0.05, 0) is 30.3 Å². The molecule has 1 aromatic heterocycles. The number of nitrogens with one attached hydrogen (secondary N) is 3. The van der Waals surface area contributed by atoms with Crippen molar-refractivity contribution < 1.29 is 18.8 Å². The summed E-state index contributed by atoms with van der Waals surface area (Å²) >= 11 is 5.80. The van der Waals surface area contributed by atoms with Crippen LogP contribution < -0.4 is 16.0 Å². The van der Waals surface area contributed by atoms with Crippen molar-refractivity contribution in [2.45, 2.75) is 0 Å². The molecule has 0 bridgehead atoms. The summed E-state index contributed by atoms with van der Waals surface area (Å²) in [6, 6.07) is 9.57. The van der Waals surface area contributed by atoms with Crippen molar-refractivity contribution in [2.75, 3.05) is 19.6 Å². The van der Waals surface area contributed by atoms with E-state index in [4.69, 9.17) is 16.0 Å². The summed E-state index contributed by atoms with van der Waals surface area (Å²) < 4.78 is 4.93. The Morgan fingerprint density at radius 1 is 0.958 bits per heavy atom. The Kier molecular flexibility index (Phi) is 6.39. The number of hydrogen-bond acceptors (Lipinski definition) is 4. The molecular formula is C16H16ClN3O4. The van der Waals surface area contributed by atoms with Gasteiger partial charge in [-0.1, -0.05) is 17.7 Å². The minimum Gasteiger partial charge on any atom is -0.459 e. The first-order chi connectivity index (χ1) is 11.6. The van der Waals surface area contributed by atoms with Crippen LogP contribution in [0.5, 0.6) is 0 Å². The fraction of sp³-hybridized carbons (Fsp3) is 0.188. The topological polar surface area (TPSA) is 100 Å². The molecule has 0 atom stereocenters. The molecule has 2 aromatic rings. The average molecular weight is 350 g/mol. The molecule has 3 N–H and O–H groups in total. The molecule has 0 unspecified atom stereocenters. The van der Waals surface area contributed by atoms with Gasteiger partial charge in [0.05, 0.1) is 12.8 Å². The summed E-state index contributed by atoms with van der Waals surface area (Å²) in [5.74, 6) is -0.907. The molecule has 24 heavy (non-hydrogen) atoms. The highest BCUT2D eigenvalue weighted by atomic mass is 35.5. The van der Waals surface area contributed by atoms with Crippen molar-refractivity contribution in [3.63, 3.8) is 0 Å². The minimum absolute atomic E-state index is 0.169. The lowest BCUT2D eigenvalue weighted by molar-refractivity contribution is -0.120. The molecule has 2 rings (SSSR count). The highest BCUT2D eigenvalue weighted by Gasteiger charge is 2.09. The summed E-state index contributed by atoms with van der Waals surface area (Å²) in [6.45, 7) is 0.309. The Bertz CT molecular complexity index is 716. The molecule has 0 fully saturated rings. The van der Waals surface area contributed by atoms with E-state index in [1.807, 2.05) is 0 Å². The summed E-state index contributed by atoms with van der Waals surface area (Å²) in [4.78, 5) is 35.0. The van der Waals surface area contributed by atoms with E-state index >= 15 is 0 Å². The van der Waals surface area contributed by atoms with Crippen LogP contribution in [0.15, 0.2) is 47.1 Å². The van der Waals surface area contributed by atoms with Crippen LogP contribution in [0.25, 0.3) is 0 Å². The molecule has 0 saturated heterocycles. The van der Waals surface area contributed by atoms with Crippen LogP contribution in [0.1, 0.15) is 20.9 Å². The number of rotatable bonds is 7. The molecule has 126 valence electrons. The van der Waals surface area contributed by atoms with Crippen molar-refractivity contribution in [2.24, 2.45) is 0 Å². The Balaban J connectivity index is 1.63. The molecule has 0 spiro atoms. The van der Waals surface area contributed by atoms with Gasteiger partial charge in [-0.3, -0.25) is 14.4 Å². The largest absolute Gasteiger partial charge is 0.459 e. The summed E-state index contributed by atoms with van der Waals surface area (Å²) in [7, 11) is 0. The molecule has 0 saturated carbocycles. The number of benzene rings is 1. The number of hydrogen-bond donors (Lipinski definition) is 3. The van der Waals surface area contributed by atoms with Gasteiger partial charge in [0, 0.05) is 23.7 Å². The van der Waals surface area contributed by atoms with Gasteiger partial charge in [0.2, 0.25) is 5.91 Å². The summed E-state index contributed by atoms with van der Waals surface area (Å²) in [5.41, 5.74) is 0.376. The van der Waals surface area contributed by atoms with E-state index in [9.17, 15) is 14.4 Å². The van der Waals surface area contributed by atoms with Gasteiger partial charge in [0.15, 0.2) is 5.76 Å². The van der Waals surface area contributed by atoms with E-state index in [0.29, 0.717) is 10.6 Å². The van der Waals surface area contributed by atoms with E-state index in [1.54, 1.807) is 30.3 Å². The molecule has 7 nitrogen and oxygen atoms in total. The average Bonchev–Trinajstić information content (AvgIpc) is 3.11. The number of amides is 3. The van der Waals surface area contributed by atoms with Crippen molar-refractivity contribution in [1.82, 2.24) is 16.0 Å². The lowest BCUT2D eigenvalue weighted by Crippen LogP contribution is -2.40. The van der Waals surface area contributed by atoms with Crippen LogP contribution >= 0.6 is 11.6 Å². The third-order valence-corrected chi connectivity index (χ3v) is 3.21. The first kappa shape index (κ1) is 17.6. The van der Waals surface area contributed by atoms with E-state index in [2.05, 4.69) is 16.0 Å². The van der Waals surface area contributed by atoms with Gasteiger partial charge in [-0.25, -0.2) is 0 Å². The maximum absolute atomic E-state index is 11.8. The Morgan fingerprint density at radius 2 is 1.75 bits per heavy atom. The van der Waals surface area contributed by atoms with Gasteiger partial charge in [-0.2, -0.15) is 0 Å². The molecule has 3 amide bonds. The lowest BCUT2D eigenvalue weighted by Gasteiger charge is -2.08. The van der Waals surface area contributed by atoms with Gasteiger partial charge >= 0.3 is 0 Å². The molecule has 1 aromatic carbocycles. The molecule has 0 aliphatic carbocycles. The summed E-state index contributed by atoms with van der Waals surface area (Å²) in [6.07, 6.45) is 1.40. The quantitative estimate of drug-likeness (QED) is 0.654. The fourth-order valence-electron chi connectivity index (χ4n) is 1.83. The van der Waals surface area contributed by atoms with Crippen LogP contribution in [-0.2, 0) is 4.79 Å². The van der Waals surface area contributed by atoms with Gasteiger partial charge < -0.3 is 20.4 Å². The Morgan fingerprint density at radius 3 is 2.46 bits per heavy atom. The Hall–Kier alpha value is -2.80. The van der Waals surface area contributed by atoms with Crippen LogP contribution in [0.2, 0.25) is 5.02 Å². The van der Waals surface area contributed by atoms with Crippen molar-refractivity contribution in [1.29, 1.82) is 0 Å². The highest BCUT2D eigenvalue weighted by molar-refractivity contribution is 6.30. The SMILES string of the molecule is O=C(CNC(=O)c1cccc(Cl)c1)NCCNC(=O)c1ccco1. The van der Waals surface area contributed by atoms with Crippen LogP contribution in [0.3, 0.4) is 0 Å². The number of carbonyl (C=O) groups is 3. The number of furan rings is 1. The molecule has 0 aliphatic heterocycles. The standard InChI is InChI=1S/C16H16ClN3O4/c17-12-4-1-3-11(9-12)15(22)20-10-14(21)18-6-7-19-16(23)13-5-2-8-24-13/h1-5,8-9H,6-7,10H2,(H,18,21)(H,19,23)(H,20,22). The van der Waals surface area contributed by atoms with Crippen molar-refractivity contribution >= 4 is 29.3 Å². The van der Waals surface area contributed by atoms with E-state index in [1.165, 1.54) is 12.3 Å². The lowest BCUT2D eigenvalue weighted by atomic mass is 10.2. The van der Waals surface area contributed by atoms with Gasteiger partial charge in [0.25, 0.3) is 11.8 Å². The predicted molar refractivity (Wildman–Crippen MR) is 87.8 cm³/mol. The fourth-order valence-corrected chi connectivity index (χ4v) is 2.02. The minimum atomic E-state index is -0.390. The number of carbonyl (C=O) groups excluding carboxylic acids is 3. The second-order valence-corrected chi connectivity index (χ2v) is 5.21. The first-order valence-electron chi connectivity index (χ1n) is 7.18. The van der Waals surface area contributed by atoms with Gasteiger partial charge in [0.1, 0.15) is 0 Å². The van der Waals surface area contributed by atoms with Crippen LogP contribution in [0.4, 0.5) is 0 Å². The third kappa shape index (κ3) is 5.44. The Labute approximate surface area is 143 Å². The van der Waals surface area contributed by atoms with Crippen molar-refractivity contribution in [3.05, 3.63) is 59.0 Å². The van der Waals surface area contributed by atoms with Gasteiger partial charge in [-0.15, -0.1) is 0 Å². The zero-order chi connectivity index (χ0) is 17.4. The van der Waals surface area contributed by atoms with Crippen LogP contribution in [0, 0.1) is 0 Å². The molecule has 8 heteroatoms. The maximum atomic E-state index is 11.8. The molecule has 0 radical (unpaired) electrons. The second-order valence-electron chi connectivity index (χ2n) is 4.78. The predicted octanol–water partition coefficient (Wildman–Crippen LogP) is 1.21. The zero-order valence-electron chi connectivity index (χ0n) is 12.7. The monoisotopic (exact) mass is 349 g/mol. The summed E-state index contributed by atoms with van der Waals surface area (Å²) in [5, 5.41) is 8.09. The maximum Gasteiger partial charge on any atom is 0.287 e. The molecular weight excluding hydrogens is 334 g/mol. The first-order valence-corrected chi connectivity index (χ1v) is 7.56. The normalized spacial score (nSPS) is 10.0. The third-order valence-electron chi connectivity index (χ3n) is 2.97. The number of halogens is 1. The second kappa shape index (κ2) is 8.73. The van der Waals surface area contributed by atoms with E-state index in [-0.39, 0.29) is 37.2 Å². The van der Waals surface area contributed by atoms with E-state index < -0.39 is 5.91 Å². The highest BCUT2D eigenvalue weighted by Crippen LogP contribution is 2.10. The molecule has 0 aliphatic rings. The van der Waals surface area contributed by atoms with Crippen molar-refractivity contribution in [3.8, 4) is 0 Å². The zero-order valence-corrected chi connectivity index (χ0v) is 13.4.